The molecular formula is C10H14BrN3O3. The number of nitrogens with one attached hydrogen (secondary N) is 1. The maximum atomic E-state index is 11.3. The van der Waals surface area contributed by atoms with Gasteiger partial charge in [0.15, 0.2) is 0 Å². The lowest BCUT2D eigenvalue weighted by Crippen LogP contribution is -2.30. The average Bonchev–Trinajstić information content (AvgIpc) is 2.37. The van der Waals surface area contributed by atoms with Gasteiger partial charge in [-0.15, -0.1) is 0 Å². The number of alkyl halides is 1. The van der Waals surface area contributed by atoms with Gasteiger partial charge in [-0.05, 0) is 12.5 Å². The van der Waals surface area contributed by atoms with Gasteiger partial charge in [-0.1, -0.05) is 15.9 Å². The van der Waals surface area contributed by atoms with Crippen LogP contribution in [-0.4, -0.2) is 32.5 Å². The summed E-state index contributed by atoms with van der Waals surface area (Å²) in [6, 6.07) is 1.44. The van der Waals surface area contributed by atoms with Crippen molar-refractivity contribution >= 4 is 21.8 Å². The number of hydrogen-bond acceptors (Lipinski definition) is 5. The number of nitrogen functional groups attached to an aromatic ring is 1. The van der Waals surface area contributed by atoms with Crippen molar-refractivity contribution < 1.29 is 15.0 Å². The zero-order chi connectivity index (χ0) is 12.8. The van der Waals surface area contributed by atoms with Crippen LogP contribution in [0.2, 0.25) is 0 Å². The van der Waals surface area contributed by atoms with Crippen molar-refractivity contribution in [2.24, 2.45) is 5.84 Å². The standard InChI is InChI=1S/C10H14BrN3O3/c11-2-1-8(15)9(16)6-3-7(5-13-4-6)10(17)14-12/h3-5,8-9,15-16H,1-2,12H2,(H,14,17). The monoisotopic (exact) mass is 303 g/mol. The van der Waals surface area contributed by atoms with Crippen LogP contribution in [0.4, 0.5) is 0 Å². The lowest BCUT2D eigenvalue weighted by atomic mass is 10.0. The third-order valence-corrected chi connectivity index (χ3v) is 2.72. The molecule has 2 atom stereocenters. The smallest absolute Gasteiger partial charge is 0.266 e. The van der Waals surface area contributed by atoms with Crippen molar-refractivity contribution in [1.82, 2.24) is 10.4 Å². The maximum absolute atomic E-state index is 11.3. The van der Waals surface area contributed by atoms with Gasteiger partial charge in [-0.25, -0.2) is 5.84 Å². The number of hydrazine groups is 1. The van der Waals surface area contributed by atoms with Gasteiger partial charge >= 0.3 is 0 Å². The Kier molecular flexibility index (Phi) is 5.49. The van der Waals surface area contributed by atoms with Crippen LogP contribution in [0, 0.1) is 0 Å². The lowest BCUT2D eigenvalue weighted by Gasteiger charge is -2.17. The summed E-state index contributed by atoms with van der Waals surface area (Å²) in [5, 5.41) is 20.0. The van der Waals surface area contributed by atoms with E-state index >= 15 is 0 Å². The molecule has 2 unspecified atom stereocenters. The van der Waals surface area contributed by atoms with E-state index in [1.165, 1.54) is 18.5 Å². The van der Waals surface area contributed by atoms with Crippen molar-refractivity contribution in [3.05, 3.63) is 29.6 Å². The molecule has 0 bridgehead atoms. The van der Waals surface area contributed by atoms with Crippen LogP contribution in [0.3, 0.4) is 0 Å². The second kappa shape index (κ2) is 6.65. The number of nitrogens with zero attached hydrogens (tertiary/aromatic N) is 1. The minimum absolute atomic E-state index is 0.232. The van der Waals surface area contributed by atoms with Gasteiger partial charge in [0, 0.05) is 23.3 Å². The first-order valence-electron chi connectivity index (χ1n) is 4.98. The molecule has 0 saturated heterocycles. The van der Waals surface area contributed by atoms with Crippen LogP contribution in [0.25, 0.3) is 0 Å². The Hall–Kier alpha value is -1.02. The van der Waals surface area contributed by atoms with E-state index in [1.54, 1.807) is 0 Å². The number of carbonyl (C=O) groups is 1. The Bertz CT molecular complexity index is 389. The summed E-state index contributed by atoms with van der Waals surface area (Å²) in [7, 11) is 0. The topological polar surface area (TPSA) is 108 Å². The van der Waals surface area contributed by atoms with Crippen LogP contribution in [0.15, 0.2) is 18.5 Å². The number of pyridine rings is 1. The molecule has 1 aromatic rings. The van der Waals surface area contributed by atoms with E-state index in [0.29, 0.717) is 17.3 Å². The van der Waals surface area contributed by atoms with E-state index in [9.17, 15) is 15.0 Å². The first-order valence-corrected chi connectivity index (χ1v) is 6.10. The summed E-state index contributed by atoms with van der Waals surface area (Å²) in [6.07, 6.45) is 1.14. The number of nitrogens with two attached hydrogens (primary N) is 1. The molecule has 17 heavy (non-hydrogen) atoms. The minimum atomic E-state index is -1.08. The second-order valence-corrected chi connectivity index (χ2v) is 4.26. The number of rotatable bonds is 5. The van der Waals surface area contributed by atoms with Crippen molar-refractivity contribution in [3.63, 3.8) is 0 Å². The van der Waals surface area contributed by atoms with Crippen molar-refractivity contribution in [2.45, 2.75) is 18.6 Å². The highest BCUT2D eigenvalue weighted by atomic mass is 79.9. The predicted octanol–water partition coefficient (Wildman–Crippen LogP) is -0.136. The molecule has 7 heteroatoms. The summed E-state index contributed by atoms with van der Waals surface area (Å²) < 4.78 is 0. The van der Waals surface area contributed by atoms with Gasteiger partial charge in [0.25, 0.3) is 5.91 Å². The van der Waals surface area contributed by atoms with Gasteiger partial charge in [-0.2, -0.15) is 0 Å². The maximum Gasteiger partial charge on any atom is 0.266 e. The van der Waals surface area contributed by atoms with Gasteiger partial charge < -0.3 is 10.2 Å². The van der Waals surface area contributed by atoms with Crippen LogP contribution in [0.5, 0.6) is 0 Å². The summed E-state index contributed by atoms with van der Waals surface area (Å²) in [6.45, 7) is 0. The molecule has 1 aromatic heterocycles. The molecule has 0 radical (unpaired) electrons. The summed E-state index contributed by atoms with van der Waals surface area (Å²) in [5.74, 6) is 4.49. The summed E-state index contributed by atoms with van der Waals surface area (Å²) in [5.41, 5.74) is 2.58. The van der Waals surface area contributed by atoms with Gasteiger partial charge in [-0.3, -0.25) is 15.2 Å². The predicted molar refractivity (Wildman–Crippen MR) is 65.3 cm³/mol. The highest BCUT2D eigenvalue weighted by molar-refractivity contribution is 9.09. The molecular weight excluding hydrogens is 290 g/mol. The number of hydrogen-bond donors (Lipinski definition) is 4. The fourth-order valence-electron chi connectivity index (χ4n) is 1.32. The van der Waals surface area contributed by atoms with E-state index in [0.717, 1.165) is 0 Å². The van der Waals surface area contributed by atoms with Gasteiger partial charge in [0.2, 0.25) is 0 Å². The molecule has 0 aliphatic heterocycles. The minimum Gasteiger partial charge on any atom is -0.390 e. The molecule has 0 saturated carbocycles. The number of carbonyl (C=O) groups excluding carboxylic acids is 1. The quantitative estimate of drug-likeness (QED) is 0.262. The summed E-state index contributed by atoms with van der Waals surface area (Å²) >= 11 is 3.17. The van der Waals surface area contributed by atoms with Crippen molar-refractivity contribution in [2.75, 3.05) is 5.33 Å². The molecule has 1 heterocycles. The molecule has 0 aliphatic carbocycles. The Balaban J connectivity index is 2.87. The molecule has 0 spiro atoms. The van der Waals surface area contributed by atoms with Crippen LogP contribution < -0.4 is 11.3 Å². The Morgan fingerprint density at radius 2 is 2.24 bits per heavy atom. The van der Waals surface area contributed by atoms with Crippen LogP contribution >= 0.6 is 15.9 Å². The van der Waals surface area contributed by atoms with E-state index < -0.39 is 18.1 Å². The molecule has 1 amide bonds. The van der Waals surface area contributed by atoms with E-state index in [4.69, 9.17) is 5.84 Å². The van der Waals surface area contributed by atoms with Crippen molar-refractivity contribution in [1.29, 1.82) is 0 Å². The molecule has 5 N–H and O–H groups in total. The number of halogens is 1. The Morgan fingerprint density at radius 3 is 2.82 bits per heavy atom. The van der Waals surface area contributed by atoms with Gasteiger partial charge in [0.05, 0.1) is 11.7 Å². The van der Waals surface area contributed by atoms with E-state index in [-0.39, 0.29) is 5.56 Å². The van der Waals surface area contributed by atoms with Crippen LogP contribution in [0.1, 0.15) is 28.4 Å². The molecule has 0 fully saturated rings. The first-order chi connectivity index (χ1) is 8.10. The van der Waals surface area contributed by atoms with Crippen molar-refractivity contribution in [3.8, 4) is 0 Å². The number of aliphatic hydroxyl groups excluding tert-OH is 2. The third-order valence-electron chi connectivity index (χ3n) is 2.26. The Labute approximate surface area is 107 Å². The fraction of sp³-hybridized carbons (Fsp3) is 0.400. The molecule has 0 aliphatic rings. The zero-order valence-corrected chi connectivity index (χ0v) is 10.6. The SMILES string of the molecule is NNC(=O)c1cncc(C(O)C(O)CCBr)c1. The second-order valence-electron chi connectivity index (χ2n) is 3.47. The zero-order valence-electron chi connectivity index (χ0n) is 9.01. The number of amides is 1. The van der Waals surface area contributed by atoms with Crippen LogP contribution in [-0.2, 0) is 0 Å². The Morgan fingerprint density at radius 1 is 1.53 bits per heavy atom. The number of aliphatic hydroxyl groups is 2. The summed E-state index contributed by atoms with van der Waals surface area (Å²) in [4.78, 5) is 15.1. The highest BCUT2D eigenvalue weighted by Crippen LogP contribution is 2.19. The fourth-order valence-corrected chi connectivity index (χ4v) is 1.79. The van der Waals surface area contributed by atoms with E-state index in [1.807, 2.05) is 5.43 Å². The normalized spacial score (nSPS) is 14.1. The lowest BCUT2D eigenvalue weighted by molar-refractivity contribution is 0.0171. The molecule has 94 valence electrons. The number of aromatic nitrogens is 1. The first kappa shape index (κ1) is 14.0. The molecule has 0 aromatic carbocycles. The molecule has 1 rings (SSSR count). The van der Waals surface area contributed by atoms with E-state index in [2.05, 4.69) is 20.9 Å². The molecule has 6 nitrogen and oxygen atoms in total. The highest BCUT2D eigenvalue weighted by Gasteiger charge is 2.19. The third kappa shape index (κ3) is 3.74. The average molecular weight is 304 g/mol. The van der Waals surface area contributed by atoms with Gasteiger partial charge in [0.1, 0.15) is 6.10 Å². The largest absolute Gasteiger partial charge is 0.390 e.